The Balaban J connectivity index is 1.94. The van der Waals surface area contributed by atoms with Gasteiger partial charge in [-0.3, -0.25) is 9.69 Å². The van der Waals surface area contributed by atoms with Crippen molar-refractivity contribution in [3.05, 3.63) is 29.8 Å². The first-order valence-corrected chi connectivity index (χ1v) is 6.30. The topological polar surface area (TPSA) is 49.6 Å². The number of nitrogen functional groups attached to an aromatic ring is 1. The van der Waals surface area contributed by atoms with Gasteiger partial charge in [0.25, 0.3) is 5.91 Å². The summed E-state index contributed by atoms with van der Waals surface area (Å²) in [6, 6.07) is 6.70. The van der Waals surface area contributed by atoms with Crippen LogP contribution in [-0.2, 0) is 0 Å². The maximum atomic E-state index is 12.3. The summed E-state index contributed by atoms with van der Waals surface area (Å²) in [5.74, 6) is -0.227. The van der Waals surface area contributed by atoms with Crippen molar-refractivity contribution in [1.29, 1.82) is 0 Å². The Morgan fingerprint density at radius 3 is 2.30 bits per heavy atom. The summed E-state index contributed by atoms with van der Waals surface area (Å²) < 4.78 is 36.8. The number of benzene rings is 1. The molecule has 0 aromatic heterocycles. The molecule has 0 bridgehead atoms. The molecule has 0 spiro atoms. The summed E-state index contributed by atoms with van der Waals surface area (Å²) in [5.41, 5.74) is 6.52. The van der Waals surface area contributed by atoms with Crippen LogP contribution in [0.5, 0.6) is 0 Å². The average molecular weight is 287 g/mol. The monoisotopic (exact) mass is 287 g/mol. The smallest absolute Gasteiger partial charge is 0.398 e. The van der Waals surface area contributed by atoms with Gasteiger partial charge in [-0.15, -0.1) is 0 Å². The second kappa shape index (κ2) is 5.70. The average Bonchev–Trinajstić information content (AvgIpc) is 2.37. The minimum atomic E-state index is -4.20. The molecular weight excluding hydrogens is 271 g/mol. The van der Waals surface area contributed by atoms with Crippen molar-refractivity contribution in [3.8, 4) is 0 Å². The molecule has 2 N–H and O–H groups in total. The van der Waals surface area contributed by atoms with Crippen LogP contribution >= 0.6 is 0 Å². The Morgan fingerprint density at radius 1 is 1.15 bits per heavy atom. The fourth-order valence-corrected chi connectivity index (χ4v) is 2.22. The van der Waals surface area contributed by atoms with Crippen LogP contribution in [0.2, 0.25) is 0 Å². The maximum Gasteiger partial charge on any atom is 0.401 e. The molecule has 1 aliphatic rings. The molecule has 1 saturated heterocycles. The predicted octanol–water partition coefficient (Wildman–Crippen LogP) is 1.59. The van der Waals surface area contributed by atoms with E-state index in [2.05, 4.69) is 0 Å². The van der Waals surface area contributed by atoms with Gasteiger partial charge in [-0.25, -0.2) is 0 Å². The molecule has 7 heteroatoms. The second-order valence-electron chi connectivity index (χ2n) is 4.77. The Hall–Kier alpha value is -1.76. The van der Waals surface area contributed by atoms with Crippen molar-refractivity contribution >= 4 is 11.6 Å². The maximum absolute atomic E-state index is 12.3. The molecule has 1 aliphatic heterocycles. The van der Waals surface area contributed by atoms with Crippen molar-refractivity contribution in [1.82, 2.24) is 9.80 Å². The lowest BCUT2D eigenvalue weighted by atomic mass is 10.1. The van der Waals surface area contributed by atoms with Crippen LogP contribution in [-0.4, -0.2) is 54.6 Å². The summed E-state index contributed by atoms with van der Waals surface area (Å²) in [7, 11) is 0. The number of rotatable bonds is 2. The van der Waals surface area contributed by atoms with Crippen LogP contribution in [0.1, 0.15) is 10.4 Å². The standard InChI is InChI=1S/C13H16F3N3O/c14-13(15,16)9-18-5-7-19(8-6-18)12(20)10-3-1-2-4-11(10)17/h1-4H,5-9,17H2. The van der Waals surface area contributed by atoms with Gasteiger partial charge in [0.05, 0.1) is 12.1 Å². The van der Waals surface area contributed by atoms with E-state index in [-0.39, 0.29) is 32.1 Å². The number of anilines is 1. The van der Waals surface area contributed by atoms with Crippen LogP contribution in [0.15, 0.2) is 24.3 Å². The van der Waals surface area contributed by atoms with E-state index >= 15 is 0 Å². The van der Waals surface area contributed by atoms with Gasteiger partial charge in [0.15, 0.2) is 0 Å². The van der Waals surface area contributed by atoms with Crippen LogP contribution in [0, 0.1) is 0 Å². The summed E-state index contributed by atoms with van der Waals surface area (Å²) in [4.78, 5) is 15.1. The number of nitrogens with two attached hydrogens (primary N) is 1. The van der Waals surface area contributed by atoms with Crippen molar-refractivity contribution in [2.75, 3.05) is 38.5 Å². The molecule has 0 atom stereocenters. The lowest BCUT2D eigenvalue weighted by Crippen LogP contribution is -2.51. The van der Waals surface area contributed by atoms with Gasteiger partial charge in [-0.2, -0.15) is 13.2 Å². The van der Waals surface area contributed by atoms with Crippen molar-refractivity contribution in [2.45, 2.75) is 6.18 Å². The van der Waals surface area contributed by atoms with Gasteiger partial charge in [-0.1, -0.05) is 12.1 Å². The van der Waals surface area contributed by atoms with Gasteiger partial charge in [0, 0.05) is 31.9 Å². The van der Waals surface area contributed by atoms with Gasteiger partial charge < -0.3 is 10.6 Å². The highest BCUT2D eigenvalue weighted by molar-refractivity contribution is 5.99. The molecule has 20 heavy (non-hydrogen) atoms. The Bertz CT molecular complexity index is 482. The number of nitrogens with zero attached hydrogens (tertiary/aromatic N) is 2. The van der Waals surface area contributed by atoms with Gasteiger partial charge >= 0.3 is 6.18 Å². The number of hydrogen-bond acceptors (Lipinski definition) is 3. The molecule has 1 aromatic carbocycles. The van der Waals surface area contributed by atoms with E-state index in [1.165, 1.54) is 4.90 Å². The van der Waals surface area contributed by atoms with E-state index < -0.39 is 12.7 Å². The SMILES string of the molecule is Nc1ccccc1C(=O)N1CCN(CC(F)(F)F)CC1. The zero-order chi connectivity index (χ0) is 14.8. The molecule has 0 saturated carbocycles. The largest absolute Gasteiger partial charge is 0.401 e. The fourth-order valence-electron chi connectivity index (χ4n) is 2.22. The lowest BCUT2D eigenvalue weighted by molar-refractivity contribution is -0.148. The van der Waals surface area contributed by atoms with E-state index in [1.54, 1.807) is 29.2 Å². The molecule has 1 fully saturated rings. The molecular formula is C13H16F3N3O. The number of carbonyl (C=O) groups excluding carboxylic acids is 1. The minimum absolute atomic E-state index is 0.220. The van der Waals surface area contributed by atoms with E-state index in [9.17, 15) is 18.0 Å². The fraction of sp³-hybridized carbons (Fsp3) is 0.462. The Morgan fingerprint density at radius 2 is 1.75 bits per heavy atom. The summed E-state index contributed by atoms with van der Waals surface area (Å²) >= 11 is 0. The number of hydrogen-bond donors (Lipinski definition) is 1. The number of para-hydroxylation sites is 1. The molecule has 2 rings (SSSR count). The van der Waals surface area contributed by atoms with Crippen LogP contribution < -0.4 is 5.73 Å². The highest BCUT2D eigenvalue weighted by Crippen LogP contribution is 2.19. The number of carbonyl (C=O) groups is 1. The Kier molecular flexibility index (Phi) is 4.17. The quantitative estimate of drug-likeness (QED) is 0.840. The Labute approximate surface area is 114 Å². The zero-order valence-electron chi connectivity index (χ0n) is 10.9. The van der Waals surface area contributed by atoms with Gasteiger partial charge in [0.2, 0.25) is 0 Å². The number of piperazine rings is 1. The number of amides is 1. The first-order chi connectivity index (χ1) is 9.37. The van der Waals surface area contributed by atoms with Crippen LogP contribution in [0.4, 0.5) is 18.9 Å². The highest BCUT2D eigenvalue weighted by atomic mass is 19.4. The second-order valence-corrected chi connectivity index (χ2v) is 4.77. The molecule has 0 radical (unpaired) electrons. The van der Waals surface area contributed by atoms with Crippen molar-refractivity contribution < 1.29 is 18.0 Å². The van der Waals surface area contributed by atoms with Gasteiger partial charge in [-0.05, 0) is 12.1 Å². The van der Waals surface area contributed by atoms with E-state index in [0.29, 0.717) is 11.3 Å². The van der Waals surface area contributed by atoms with Crippen molar-refractivity contribution in [2.24, 2.45) is 0 Å². The molecule has 0 unspecified atom stereocenters. The molecule has 1 heterocycles. The van der Waals surface area contributed by atoms with Crippen LogP contribution in [0.25, 0.3) is 0 Å². The highest BCUT2D eigenvalue weighted by Gasteiger charge is 2.33. The first-order valence-electron chi connectivity index (χ1n) is 6.30. The summed E-state index contributed by atoms with van der Waals surface area (Å²) in [6.45, 7) is 0.0744. The molecule has 0 aliphatic carbocycles. The zero-order valence-corrected chi connectivity index (χ0v) is 10.9. The van der Waals surface area contributed by atoms with Crippen molar-refractivity contribution in [3.63, 3.8) is 0 Å². The lowest BCUT2D eigenvalue weighted by Gasteiger charge is -2.35. The van der Waals surface area contributed by atoms with E-state index in [1.807, 2.05) is 0 Å². The molecule has 4 nitrogen and oxygen atoms in total. The molecule has 1 aromatic rings. The predicted molar refractivity (Wildman–Crippen MR) is 69.3 cm³/mol. The third-order valence-corrected chi connectivity index (χ3v) is 3.25. The first kappa shape index (κ1) is 14.6. The number of alkyl halides is 3. The van der Waals surface area contributed by atoms with Crippen LogP contribution in [0.3, 0.4) is 0 Å². The molecule has 110 valence electrons. The van der Waals surface area contributed by atoms with E-state index in [0.717, 1.165) is 0 Å². The minimum Gasteiger partial charge on any atom is -0.398 e. The third kappa shape index (κ3) is 3.63. The number of halogens is 3. The summed E-state index contributed by atoms with van der Waals surface area (Å²) in [5, 5.41) is 0. The molecule has 1 amide bonds. The third-order valence-electron chi connectivity index (χ3n) is 3.25. The summed E-state index contributed by atoms with van der Waals surface area (Å²) in [6.07, 6.45) is -4.20. The van der Waals surface area contributed by atoms with E-state index in [4.69, 9.17) is 5.73 Å². The van der Waals surface area contributed by atoms with Gasteiger partial charge in [0.1, 0.15) is 0 Å². The normalized spacial score (nSPS) is 17.2.